The molecule has 3 heterocycles. The zero-order valence-electron chi connectivity index (χ0n) is 13.0. The van der Waals surface area contributed by atoms with E-state index in [9.17, 15) is 4.79 Å². The summed E-state index contributed by atoms with van der Waals surface area (Å²) < 4.78 is 7.75. The number of benzene rings is 1. The van der Waals surface area contributed by atoms with Gasteiger partial charge in [0.15, 0.2) is 6.10 Å². The maximum Gasteiger partial charge on any atom is 0.265 e. The number of carbonyl (C=O) groups is 1. The molecular formula is C17H19N3O2S. The summed E-state index contributed by atoms with van der Waals surface area (Å²) in [6.45, 7) is 0.796. The molecule has 2 aromatic rings. The molecule has 0 aliphatic carbocycles. The van der Waals surface area contributed by atoms with Crippen LogP contribution in [0.2, 0.25) is 0 Å². The fourth-order valence-corrected chi connectivity index (χ4v) is 4.29. The SMILES string of the molecule is Cn1cc([C@@H]2CCCN2C(=O)[C@@H]2CSc3ccccc3O2)cn1. The van der Waals surface area contributed by atoms with Gasteiger partial charge in [-0.05, 0) is 25.0 Å². The van der Waals surface area contributed by atoms with E-state index >= 15 is 0 Å². The first-order chi connectivity index (χ1) is 11.2. The molecule has 1 amide bonds. The van der Waals surface area contributed by atoms with Gasteiger partial charge >= 0.3 is 0 Å². The molecule has 1 saturated heterocycles. The van der Waals surface area contributed by atoms with Crippen LogP contribution in [-0.2, 0) is 11.8 Å². The first-order valence-corrected chi connectivity index (χ1v) is 8.88. The van der Waals surface area contributed by atoms with Crippen LogP contribution in [0.4, 0.5) is 0 Å². The Bertz CT molecular complexity index is 730. The summed E-state index contributed by atoms with van der Waals surface area (Å²) in [7, 11) is 1.91. The second-order valence-corrected chi connectivity index (χ2v) is 7.06. The number of carbonyl (C=O) groups excluding carboxylic acids is 1. The number of ether oxygens (including phenoxy) is 1. The molecule has 0 unspecified atom stereocenters. The van der Waals surface area contributed by atoms with Crippen molar-refractivity contribution in [3.8, 4) is 5.75 Å². The maximum atomic E-state index is 13.0. The van der Waals surface area contributed by atoms with E-state index in [1.165, 1.54) is 0 Å². The Labute approximate surface area is 139 Å². The highest BCUT2D eigenvalue weighted by Crippen LogP contribution is 2.37. The number of thioether (sulfide) groups is 1. The number of fused-ring (bicyclic) bond motifs is 1. The van der Waals surface area contributed by atoms with Gasteiger partial charge < -0.3 is 9.64 Å². The molecule has 120 valence electrons. The molecule has 1 fully saturated rings. The minimum Gasteiger partial charge on any atom is -0.479 e. The zero-order chi connectivity index (χ0) is 15.8. The number of para-hydroxylation sites is 1. The molecule has 1 aromatic carbocycles. The summed E-state index contributed by atoms with van der Waals surface area (Å²) >= 11 is 1.70. The van der Waals surface area contributed by atoms with Gasteiger partial charge in [0, 0.05) is 36.0 Å². The van der Waals surface area contributed by atoms with Crippen molar-refractivity contribution in [2.75, 3.05) is 12.3 Å². The fourth-order valence-electron chi connectivity index (χ4n) is 3.32. The highest BCUT2D eigenvalue weighted by atomic mass is 32.2. The van der Waals surface area contributed by atoms with Gasteiger partial charge in [-0.3, -0.25) is 9.48 Å². The molecule has 23 heavy (non-hydrogen) atoms. The van der Waals surface area contributed by atoms with Crippen LogP contribution in [-0.4, -0.2) is 39.0 Å². The van der Waals surface area contributed by atoms with Gasteiger partial charge in [-0.1, -0.05) is 12.1 Å². The average molecular weight is 329 g/mol. The Hall–Kier alpha value is -1.95. The van der Waals surface area contributed by atoms with Crippen LogP contribution in [0.1, 0.15) is 24.4 Å². The first kappa shape index (κ1) is 14.6. The zero-order valence-corrected chi connectivity index (χ0v) is 13.8. The number of amides is 1. The van der Waals surface area contributed by atoms with Crippen molar-refractivity contribution in [3.05, 3.63) is 42.2 Å². The van der Waals surface area contributed by atoms with Gasteiger partial charge in [-0.2, -0.15) is 5.10 Å². The van der Waals surface area contributed by atoms with Gasteiger partial charge in [-0.25, -0.2) is 0 Å². The second-order valence-electron chi connectivity index (χ2n) is 6.00. The summed E-state index contributed by atoms with van der Waals surface area (Å²) in [6.07, 6.45) is 5.49. The van der Waals surface area contributed by atoms with E-state index in [2.05, 4.69) is 5.10 Å². The van der Waals surface area contributed by atoms with E-state index in [-0.39, 0.29) is 11.9 Å². The first-order valence-electron chi connectivity index (χ1n) is 7.90. The smallest absolute Gasteiger partial charge is 0.265 e. The Morgan fingerprint density at radius 2 is 2.26 bits per heavy atom. The van der Waals surface area contributed by atoms with Gasteiger partial charge in [-0.15, -0.1) is 11.8 Å². The van der Waals surface area contributed by atoms with Crippen molar-refractivity contribution in [1.82, 2.24) is 14.7 Å². The normalized spacial score (nSPS) is 23.4. The van der Waals surface area contributed by atoms with Crippen LogP contribution in [0.5, 0.6) is 5.75 Å². The van der Waals surface area contributed by atoms with Crippen molar-refractivity contribution in [3.63, 3.8) is 0 Å². The number of rotatable bonds is 2. The predicted octanol–water partition coefficient (Wildman–Crippen LogP) is 2.64. The van der Waals surface area contributed by atoms with Crippen molar-refractivity contribution >= 4 is 17.7 Å². The number of nitrogens with zero attached hydrogens (tertiary/aromatic N) is 3. The highest BCUT2D eigenvalue weighted by Gasteiger charge is 2.37. The average Bonchev–Trinajstić information content (AvgIpc) is 3.22. The van der Waals surface area contributed by atoms with E-state index < -0.39 is 6.10 Å². The van der Waals surface area contributed by atoms with Crippen LogP contribution in [0.15, 0.2) is 41.6 Å². The lowest BCUT2D eigenvalue weighted by Crippen LogP contribution is -2.43. The third-order valence-corrected chi connectivity index (χ3v) is 5.55. The minimum absolute atomic E-state index is 0.0957. The summed E-state index contributed by atoms with van der Waals surface area (Å²) in [5.74, 6) is 1.59. The Morgan fingerprint density at radius 3 is 3.09 bits per heavy atom. The lowest BCUT2D eigenvalue weighted by molar-refractivity contribution is -0.138. The topological polar surface area (TPSA) is 47.4 Å². The van der Waals surface area contributed by atoms with Gasteiger partial charge in [0.1, 0.15) is 5.75 Å². The Balaban J connectivity index is 1.52. The van der Waals surface area contributed by atoms with E-state index in [0.29, 0.717) is 5.75 Å². The highest BCUT2D eigenvalue weighted by molar-refractivity contribution is 7.99. The maximum absolute atomic E-state index is 13.0. The molecule has 1 aromatic heterocycles. The molecule has 0 saturated carbocycles. The lowest BCUT2D eigenvalue weighted by Gasteiger charge is -2.31. The van der Waals surface area contributed by atoms with E-state index in [4.69, 9.17) is 4.74 Å². The van der Waals surface area contributed by atoms with Crippen LogP contribution in [0, 0.1) is 0 Å². The third-order valence-electron chi connectivity index (χ3n) is 4.43. The molecule has 2 aliphatic heterocycles. The molecule has 6 heteroatoms. The van der Waals surface area contributed by atoms with Crippen LogP contribution in [0.3, 0.4) is 0 Å². The van der Waals surface area contributed by atoms with Crippen LogP contribution in [0.25, 0.3) is 0 Å². The largest absolute Gasteiger partial charge is 0.479 e. The monoisotopic (exact) mass is 329 g/mol. The number of likely N-dealkylation sites (tertiary alicyclic amines) is 1. The summed E-state index contributed by atoms with van der Waals surface area (Å²) in [5, 5.41) is 4.24. The van der Waals surface area contributed by atoms with E-state index in [0.717, 1.165) is 35.6 Å². The van der Waals surface area contributed by atoms with E-state index in [1.807, 2.05) is 48.6 Å². The molecule has 2 aliphatic rings. The molecule has 4 rings (SSSR count). The molecule has 0 spiro atoms. The number of hydrogen-bond donors (Lipinski definition) is 0. The van der Waals surface area contributed by atoms with Crippen LogP contribution < -0.4 is 4.74 Å². The summed E-state index contributed by atoms with van der Waals surface area (Å²) in [5.41, 5.74) is 1.11. The van der Waals surface area contributed by atoms with Crippen molar-refractivity contribution < 1.29 is 9.53 Å². The molecule has 0 radical (unpaired) electrons. The van der Waals surface area contributed by atoms with Gasteiger partial charge in [0.25, 0.3) is 5.91 Å². The second kappa shape index (κ2) is 5.92. The molecular weight excluding hydrogens is 310 g/mol. The molecule has 0 N–H and O–H groups in total. The summed E-state index contributed by atoms with van der Waals surface area (Å²) in [6, 6.07) is 8.04. The third kappa shape index (κ3) is 2.72. The van der Waals surface area contributed by atoms with Crippen molar-refractivity contribution in [1.29, 1.82) is 0 Å². The van der Waals surface area contributed by atoms with Crippen LogP contribution >= 0.6 is 11.8 Å². The Kier molecular flexibility index (Phi) is 3.77. The predicted molar refractivity (Wildman–Crippen MR) is 88.5 cm³/mol. The molecule has 5 nitrogen and oxygen atoms in total. The minimum atomic E-state index is -0.396. The van der Waals surface area contributed by atoms with Crippen molar-refractivity contribution in [2.45, 2.75) is 29.9 Å². The van der Waals surface area contributed by atoms with Crippen molar-refractivity contribution in [2.24, 2.45) is 7.05 Å². The standard InChI is InChI=1S/C17H19N3O2S/c1-19-10-12(9-18-19)13-5-4-8-20(13)17(21)15-11-23-16-7-3-2-6-14(16)22-15/h2-3,6-7,9-10,13,15H,4-5,8,11H2,1H3/t13-,15-/m0/s1. The van der Waals surface area contributed by atoms with E-state index in [1.54, 1.807) is 16.4 Å². The van der Waals surface area contributed by atoms with Gasteiger partial charge in [0.05, 0.1) is 12.2 Å². The number of hydrogen-bond acceptors (Lipinski definition) is 4. The number of aryl methyl sites for hydroxylation is 1. The number of aromatic nitrogens is 2. The molecule has 2 atom stereocenters. The lowest BCUT2D eigenvalue weighted by atomic mass is 10.1. The molecule has 0 bridgehead atoms. The fraction of sp³-hybridized carbons (Fsp3) is 0.412. The quantitative estimate of drug-likeness (QED) is 0.850. The van der Waals surface area contributed by atoms with Gasteiger partial charge in [0.2, 0.25) is 0 Å². The Morgan fingerprint density at radius 1 is 1.39 bits per heavy atom. The summed E-state index contributed by atoms with van der Waals surface area (Å²) in [4.78, 5) is 16.0.